The predicted molar refractivity (Wildman–Crippen MR) is 76.1 cm³/mol. The molecule has 0 aliphatic heterocycles. The number of sulfonamides is 1. The van der Waals surface area contributed by atoms with Crippen molar-refractivity contribution in [1.82, 2.24) is 4.31 Å². The molecule has 1 unspecified atom stereocenters. The molecule has 1 aromatic heterocycles. The van der Waals surface area contributed by atoms with Crippen molar-refractivity contribution in [2.75, 3.05) is 7.05 Å². The van der Waals surface area contributed by atoms with Crippen LogP contribution in [0.25, 0.3) is 0 Å². The zero-order chi connectivity index (χ0) is 13.2. The van der Waals surface area contributed by atoms with E-state index in [2.05, 4.69) is 22.9 Å². The van der Waals surface area contributed by atoms with E-state index in [1.165, 1.54) is 15.6 Å². The molecule has 17 heavy (non-hydrogen) atoms. The average Bonchev–Trinajstić information content (AvgIpc) is 2.57. The molecule has 1 aromatic rings. The van der Waals surface area contributed by atoms with E-state index in [9.17, 15) is 8.42 Å². The van der Waals surface area contributed by atoms with E-state index in [4.69, 9.17) is 0 Å². The predicted octanol–water partition coefficient (Wildman–Crippen LogP) is 3.63. The van der Waals surface area contributed by atoms with Crippen LogP contribution >= 0.6 is 27.3 Å². The first-order valence-corrected chi connectivity index (χ1v) is 8.59. The maximum atomic E-state index is 12.4. The van der Waals surface area contributed by atoms with Gasteiger partial charge in [0.25, 0.3) is 0 Å². The summed E-state index contributed by atoms with van der Waals surface area (Å²) in [5.41, 5.74) is 0. The molecule has 6 heteroatoms. The largest absolute Gasteiger partial charge is 0.244 e. The van der Waals surface area contributed by atoms with Gasteiger partial charge in [0.1, 0.15) is 0 Å². The second-order valence-electron chi connectivity index (χ2n) is 4.13. The second-order valence-corrected chi connectivity index (χ2v) is 8.73. The Labute approximate surface area is 116 Å². The van der Waals surface area contributed by atoms with E-state index in [1.807, 2.05) is 13.8 Å². The van der Waals surface area contributed by atoms with Crippen molar-refractivity contribution >= 4 is 37.3 Å². The summed E-state index contributed by atoms with van der Waals surface area (Å²) < 4.78 is 27.1. The molecule has 0 aliphatic carbocycles. The first kappa shape index (κ1) is 15.1. The van der Waals surface area contributed by atoms with Gasteiger partial charge >= 0.3 is 0 Å². The lowest BCUT2D eigenvalue weighted by Crippen LogP contribution is -2.35. The maximum absolute atomic E-state index is 12.4. The van der Waals surface area contributed by atoms with Gasteiger partial charge in [0.2, 0.25) is 10.0 Å². The topological polar surface area (TPSA) is 37.4 Å². The van der Waals surface area contributed by atoms with Gasteiger partial charge in [-0.05, 0) is 42.3 Å². The molecule has 0 aliphatic rings. The Morgan fingerprint density at radius 1 is 1.53 bits per heavy atom. The third kappa shape index (κ3) is 3.30. The highest BCUT2D eigenvalue weighted by Crippen LogP contribution is 2.31. The summed E-state index contributed by atoms with van der Waals surface area (Å²) in [5, 5.41) is 0. The van der Waals surface area contributed by atoms with Gasteiger partial charge in [0, 0.05) is 18.0 Å². The summed E-state index contributed by atoms with van der Waals surface area (Å²) >= 11 is 4.78. The number of hydrogen-bond donors (Lipinski definition) is 0. The molecule has 0 amide bonds. The van der Waals surface area contributed by atoms with Crippen LogP contribution in [0.15, 0.2) is 14.7 Å². The van der Waals surface area contributed by atoms with Gasteiger partial charge in [-0.2, -0.15) is 4.31 Å². The van der Waals surface area contributed by atoms with Crippen LogP contribution in [0.2, 0.25) is 0 Å². The Kier molecular flexibility index (Phi) is 5.19. The van der Waals surface area contributed by atoms with Crippen molar-refractivity contribution < 1.29 is 8.42 Å². The normalized spacial score (nSPS) is 14.2. The molecule has 1 rings (SSSR count). The highest BCUT2D eigenvalue weighted by atomic mass is 79.9. The molecule has 98 valence electrons. The molecule has 0 bridgehead atoms. The van der Waals surface area contributed by atoms with E-state index in [0.29, 0.717) is 4.90 Å². The number of aryl methyl sites for hydroxylation is 1. The average molecular weight is 340 g/mol. The number of halogens is 1. The fourth-order valence-electron chi connectivity index (χ4n) is 1.68. The summed E-state index contributed by atoms with van der Waals surface area (Å²) in [6.07, 6.45) is 1.85. The lowest BCUT2D eigenvalue weighted by Gasteiger charge is -2.23. The zero-order valence-electron chi connectivity index (χ0n) is 10.5. The minimum Gasteiger partial charge on any atom is -0.207 e. The number of rotatable bonds is 5. The second kappa shape index (κ2) is 5.82. The molecule has 0 saturated heterocycles. The summed E-state index contributed by atoms with van der Waals surface area (Å²) in [6, 6.07) is 1.72. The third-order valence-electron chi connectivity index (χ3n) is 2.83. The summed E-state index contributed by atoms with van der Waals surface area (Å²) in [7, 11) is -1.70. The van der Waals surface area contributed by atoms with E-state index in [1.54, 1.807) is 13.1 Å². The standard InChI is InChI=1S/C11H18BrNO2S2/c1-5-6-8(2)13(4)17(14,15)10-7-11(12)16-9(10)3/h7-8H,5-6H2,1-4H3. The van der Waals surface area contributed by atoms with Gasteiger partial charge in [0.15, 0.2) is 0 Å². The molecule has 0 spiro atoms. The van der Waals surface area contributed by atoms with Crippen molar-refractivity contribution in [3.8, 4) is 0 Å². The lowest BCUT2D eigenvalue weighted by atomic mass is 10.2. The van der Waals surface area contributed by atoms with Gasteiger partial charge in [-0.1, -0.05) is 13.3 Å². The fraction of sp³-hybridized carbons (Fsp3) is 0.636. The van der Waals surface area contributed by atoms with Crippen LogP contribution in [0.4, 0.5) is 0 Å². The van der Waals surface area contributed by atoms with E-state index in [0.717, 1.165) is 21.5 Å². The summed E-state index contributed by atoms with van der Waals surface area (Å²) in [4.78, 5) is 1.24. The van der Waals surface area contributed by atoms with Gasteiger partial charge in [-0.3, -0.25) is 0 Å². The molecule has 0 aromatic carbocycles. The third-order valence-corrected chi connectivity index (χ3v) is 6.61. The lowest BCUT2D eigenvalue weighted by molar-refractivity contribution is 0.368. The van der Waals surface area contributed by atoms with Crippen LogP contribution in [0, 0.1) is 6.92 Å². The Bertz CT molecular complexity index is 482. The Morgan fingerprint density at radius 3 is 2.53 bits per heavy atom. The Balaban J connectivity index is 3.07. The summed E-state index contributed by atoms with van der Waals surface area (Å²) in [6.45, 7) is 5.84. The van der Waals surface area contributed by atoms with Gasteiger partial charge < -0.3 is 0 Å². The molecule has 1 atom stereocenters. The molecular weight excluding hydrogens is 322 g/mol. The van der Waals surface area contributed by atoms with Crippen molar-refractivity contribution in [3.63, 3.8) is 0 Å². The van der Waals surface area contributed by atoms with E-state index < -0.39 is 10.0 Å². The van der Waals surface area contributed by atoms with Crippen LogP contribution in [0.1, 0.15) is 31.6 Å². The van der Waals surface area contributed by atoms with Gasteiger partial charge in [-0.25, -0.2) is 8.42 Å². The highest BCUT2D eigenvalue weighted by molar-refractivity contribution is 9.11. The molecule has 0 fully saturated rings. The van der Waals surface area contributed by atoms with Crippen LogP contribution in [-0.4, -0.2) is 25.8 Å². The van der Waals surface area contributed by atoms with Crippen LogP contribution in [-0.2, 0) is 10.0 Å². The SMILES string of the molecule is CCCC(C)N(C)S(=O)(=O)c1cc(Br)sc1C. The molecule has 0 N–H and O–H groups in total. The smallest absolute Gasteiger partial charge is 0.207 e. The molecule has 1 heterocycles. The van der Waals surface area contributed by atoms with Crippen molar-refractivity contribution in [2.45, 2.75) is 44.6 Å². The quantitative estimate of drug-likeness (QED) is 0.821. The van der Waals surface area contributed by atoms with E-state index in [-0.39, 0.29) is 6.04 Å². The first-order chi connectivity index (χ1) is 7.80. The van der Waals surface area contributed by atoms with Crippen molar-refractivity contribution in [2.24, 2.45) is 0 Å². The van der Waals surface area contributed by atoms with Crippen LogP contribution < -0.4 is 0 Å². The van der Waals surface area contributed by atoms with Crippen molar-refractivity contribution in [3.05, 3.63) is 14.7 Å². The Hall–Kier alpha value is 0.0900. The Morgan fingerprint density at radius 2 is 2.12 bits per heavy atom. The van der Waals surface area contributed by atoms with Crippen LogP contribution in [0.3, 0.4) is 0 Å². The van der Waals surface area contributed by atoms with E-state index >= 15 is 0 Å². The van der Waals surface area contributed by atoms with Gasteiger partial charge in [-0.15, -0.1) is 11.3 Å². The maximum Gasteiger partial charge on any atom is 0.244 e. The molecule has 0 radical (unpaired) electrons. The number of nitrogens with zero attached hydrogens (tertiary/aromatic N) is 1. The summed E-state index contributed by atoms with van der Waals surface area (Å²) in [5.74, 6) is 0. The first-order valence-electron chi connectivity index (χ1n) is 5.54. The van der Waals surface area contributed by atoms with Crippen LogP contribution in [0.5, 0.6) is 0 Å². The minimum absolute atomic E-state index is 0.0306. The molecular formula is C11H18BrNO2S2. The number of thiophene rings is 1. The molecule has 0 saturated carbocycles. The highest BCUT2D eigenvalue weighted by Gasteiger charge is 2.27. The monoisotopic (exact) mass is 339 g/mol. The number of hydrogen-bond acceptors (Lipinski definition) is 3. The minimum atomic E-state index is -3.36. The van der Waals surface area contributed by atoms with Crippen molar-refractivity contribution in [1.29, 1.82) is 0 Å². The molecule has 3 nitrogen and oxygen atoms in total. The van der Waals surface area contributed by atoms with Gasteiger partial charge in [0.05, 0.1) is 8.68 Å². The fourth-order valence-corrected chi connectivity index (χ4v) is 5.45. The zero-order valence-corrected chi connectivity index (χ0v) is 13.7.